The SMILES string of the molecule is CC(C)c1ncc(CN2CC3(CO[C@H](Cc4ccccc4)C3)C2)cn1. The Balaban J connectivity index is 1.27. The van der Waals surface area contributed by atoms with Gasteiger partial charge in [0.05, 0.1) is 12.7 Å². The topological polar surface area (TPSA) is 38.2 Å². The van der Waals surface area contributed by atoms with Crippen LogP contribution in [0.25, 0.3) is 0 Å². The fourth-order valence-corrected chi connectivity index (χ4v) is 4.14. The van der Waals surface area contributed by atoms with Gasteiger partial charge < -0.3 is 4.74 Å². The highest BCUT2D eigenvalue weighted by Gasteiger charge is 2.48. The number of benzene rings is 1. The zero-order valence-corrected chi connectivity index (χ0v) is 15.2. The minimum absolute atomic E-state index is 0.373. The molecule has 2 aromatic rings. The zero-order valence-electron chi connectivity index (χ0n) is 15.2. The van der Waals surface area contributed by atoms with Crippen LogP contribution in [0.3, 0.4) is 0 Å². The lowest BCUT2D eigenvalue weighted by Crippen LogP contribution is -2.56. The molecule has 2 aliphatic heterocycles. The molecule has 4 rings (SSSR count). The van der Waals surface area contributed by atoms with Crippen molar-refractivity contribution in [3.63, 3.8) is 0 Å². The normalized spacial score (nSPS) is 22.4. The number of ether oxygens (including phenoxy) is 1. The van der Waals surface area contributed by atoms with Gasteiger partial charge in [0.2, 0.25) is 0 Å². The maximum Gasteiger partial charge on any atom is 0.130 e. The summed E-state index contributed by atoms with van der Waals surface area (Å²) < 4.78 is 6.10. The van der Waals surface area contributed by atoms with Crippen LogP contribution in [0, 0.1) is 5.41 Å². The van der Waals surface area contributed by atoms with Crippen molar-refractivity contribution in [1.29, 1.82) is 0 Å². The minimum atomic E-state index is 0.373. The summed E-state index contributed by atoms with van der Waals surface area (Å²) >= 11 is 0. The molecule has 2 aliphatic rings. The van der Waals surface area contributed by atoms with E-state index in [2.05, 4.69) is 59.0 Å². The number of nitrogens with zero attached hydrogens (tertiary/aromatic N) is 3. The average molecular weight is 337 g/mol. The van der Waals surface area contributed by atoms with Crippen molar-refractivity contribution in [3.05, 3.63) is 59.7 Å². The first-order chi connectivity index (χ1) is 12.1. The molecular weight excluding hydrogens is 310 g/mol. The van der Waals surface area contributed by atoms with Gasteiger partial charge in [0.25, 0.3) is 0 Å². The van der Waals surface area contributed by atoms with Gasteiger partial charge in [-0.05, 0) is 18.4 Å². The Kier molecular flexibility index (Phi) is 4.57. The van der Waals surface area contributed by atoms with Crippen LogP contribution in [0.15, 0.2) is 42.7 Å². The van der Waals surface area contributed by atoms with Gasteiger partial charge in [-0.3, -0.25) is 4.90 Å². The summed E-state index contributed by atoms with van der Waals surface area (Å²) in [6.45, 7) is 8.36. The average Bonchev–Trinajstić information content (AvgIpc) is 3.00. The Labute approximate surface area is 150 Å². The van der Waals surface area contributed by atoms with E-state index in [4.69, 9.17) is 4.74 Å². The fourth-order valence-electron chi connectivity index (χ4n) is 4.14. The Morgan fingerprint density at radius 3 is 2.52 bits per heavy atom. The van der Waals surface area contributed by atoms with E-state index in [1.54, 1.807) is 0 Å². The summed E-state index contributed by atoms with van der Waals surface area (Å²) in [5, 5.41) is 0. The van der Waals surface area contributed by atoms with Crippen LogP contribution < -0.4 is 0 Å². The lowest BCUT2D eigenvalue weighted by Gasteiger charge is -2.47. The van der Waals surface area contributed by atoms with Gasteiger partial charge in [-0.1, -0.05) is 44.2 Å². The van der Waals surface area contributed by atoms with Crippen LogP contribution in [-0.2, 0) is 17.7 Å². The first-order valence-corrected chi connectivity index (χ1v) is 9.31. The molecule has 4 heteroatoms. The summed E-state index contributed by atoms with van der Waals surface area (Å²) in [7, 11) is 0. The van der Waals surface area contributed by atoms with Crippen molar-refractivity contribution < 1.29 is 4.74 Å². The summed E-state index contributed by atoms with van der Waals surface area (Å²) in [6, 6.07) is 10.7. The second-order valence-electron chi connectivity index (χ2n) is 8.08. The molecule has 25 heavy (non-hydrogen) atoms. The smallest absolute Gasteiger partial charge is 0.130 e. The van der Waals surface area contributed by atoms with Gasteiger partial charge in [-0.15, -0.1) is 0 Å². The van der Waals surface area contributed by atoms with Gasteiger partial charge in [-0.25, -0.2) is 9.97 Å². The number of aromatic nitrogens is 2. The van der Waals surface area contributed by atoms with E-state index in [1.807, 2.05) is 12.4 Å². The third-order valence-electron chi connectivity index (χ3n) is 5.36. The van der Waals surface area contributed by atoms with Crippen molar-refractivity contribution in [3.8, 4) is 0 Å². The molecule has 1 aromatic heterocycles. The van der Waals surface area contributed by atoms with Gasteiger partial charge in [0.15, 0.2) is 0 Å². The largest absolute Gasteiger partial charge is 0.377 e. The van der Waals surface area contributed by atoms with Crippen molar-refractivity contribution >= 4 is 0 Å². The van der Waals surface area contributed by atoms with E-state index in [9.17, 15) is 0 Å². The molecule has 0 N–H and O–H groups in total. The van der Waals surface area contributed by atoms with E-state index >= 15 is 0 Å². The highest BCUT2D eigenvalue weighted by molar-refractivity contribution is 5.17. The van der Waals surface area contributed by atoms with E-state index in [0.29, 0.717) is 17.4 Å². The Morgan fingerprint density at radius 2 is 1.84 bits per heavy atom. The Hall–Kier alpha value is -1.78. The molecule has 0 aliphatic carbocycles. The molecule has 1 spiro atoms. The summed E-state index contributed by atoms with van der Waals surface area (Å²) in [6.07, 6.45) is 6.56. The summed E-state index contributed by atoms with van der Waals surface area (Å²) in [5.74, 6) is 1.32. The molecule has 0 radical (unpaired) electrons. The lowest BCUT2D eigenvalue weighted by atomic mass is 9.77. The predicted octanol–water partition coefficient (Wildman–Crippen LogP) is 3.43. The minimum Gasteiger partial charge on any atom is -0.377 e. The molecule has 2 saturated heterocycles. The van der Waals surface area contributed by atoms with Crippen LogP contribution in [0.5, 0.6) is 0 Å². The molecule has 0 bridgehead atoms. The quantitative estimate of drug-likeness (QED) is 0.838. The zero-order chi connectivity index (χ0) is 17.3. The number of likely N-dealkylation sites (tertiary alicyclic amines) is 1. The standard InChI is InChI=1S/C21H27N3O/c1-16(2)20-22-10-18(11-23-20)12-24-13-21(14-24)9-19(25-15-21)8-17-6-4-3-5-7-17/h3-7,10-11,16,19H,8-9,12-15H2,1-2H3/t19-/m1/s1. The van der Waals surface area contributed by atoms with Crippen molar-refractivity contribution in [2.75, 3.05) is 19.7 Å². The molecule has 1 aromatic carbocycles. The van der Waals surface area contributed by atoms with Crippen LogP contribution in [0.1, 0.15) is 43.1 Å². The molecule has 0 amide bonds. The van der Waals surface area contributed by atoms with E-state index in [1.165, 1.54) is 17.5 Å². The number of hydrogen-bond acceptors (Lipinski definition) is 4. The molecule has 1 atom stereocenters. The van der Waals surface area contributed by atoms with Crippen LogP contribution in [-0.4, -0.2) is 40.7 Å². The predicted molar refractivity (Wildman–Crippen MR) is 98.3 cm³/mol. The van der Waals surface area contributed by atoms with Crippen LogP contribution in [0.4, 0.5) is 0 Å². The van der Waals surface area contributed by atoms with Crippen LogP contribution in [0.2, 0.25) is 0 Å². The molecule has 4 nitrogen and oxygen atoms in total. The van der Waals surface area contributed by atoms with Gasteiger partial charge in [0.1, 0.15) is 5.82 Å². The first-order valence-electron chi connectivity index (χ1n) is 9.31. The maximum atomic E-state index is 6.10. The molecular formula is C21H27N3O. The fraction of sp³-hybridized carbons (Fsp3) is 0.524. The highest BCUT2D eigenvalue weighted by atomic mass is 16.5. The van der Waals surface area contributed by atoms with E-state index in [-0.39, 0.29) is 0 Å². The van der Waals surface area contributed by atoms with Crippen molar-refractivity contribution in [2.45, 2.75) is 45.3 Å². The lowest BCUT2D eigenvalue weighted by molar-refractivity contribution is -0.0141. The van der Waals surface area contributed by atoms with Gasteiger partial charge in [-0.2, -0.15) is 0 Å². The summed E-state index contributed by atoms with van der Waals surface area (Å²) in [5.41, 5.74) is 2.96. The van der Waals surface area contributed by atoms with E-state index < -0.39 is 0 Å². The van der Waals surface area contributed by atoms with E-state index in [0.717, 1.165) is 38.5 Å². The number of hydrogen-bond donors (Lipinski definition) is 0. The third kappa shape index (κ3) is 3.75. The summed E-state index contributed by atoms with van der Waals surface area (Å²) in [4.78, 5) is 11.4. The van der Waals surface area contributed by atoms with Crippen molar-refractivity contribution in [1.82, 2.24) is 14.9 Å². The molecule has 132 valence electrons. The molecule has 0 unspecified atom stereocenters. The van der Waals surface area contributed by atoms with Crippen molar-refractivity contribution in [2.24, 2.45) is 5.41 Å². The monoisotopic (exact) mass is 337 g/mol. The molecule has 3 heterocycles. The molecule has 0 saturated carbocycles. The highest BCUT2D eigenvalue weighted by Crippen LogP contribution is 2.42. The maximum absolute atomic E-state index is 6.10. The van der Waals surface area contributed by atoms with Gasteiger partial charge >= 0.3 is 0 Å². The Bertz CT molecular complexity index is 693. The number of rotatable bonds is 5. The van der Waals surface area contributed by atoms with Crippen LogP contribution >= 0.6 is 0 Å². The Morgan fingerprint density at radius 1 is 1.12 bits per heavy atom. The third-order valence-corrected chi connectivity index (χ3v) is 5.36. The van der Waals surface area contributed by atoms with Gasteiger partial charge in [0, 0.05) is 48.9 Å². The molecule has 2 fully saturated rings. The second-order valence-corrected chi connectivity index (χ2v) is 8.08. The first kappa shape index (κ1) is 16.7. The second kappa shape index (κ2) is 6.85.